The van der Waals surface area contributed by atoms with Crippen LogP contribution < -0.4 is 5.73 Å². The smallest absolute Gasteiger partial charge is 0.252 e. The number of halogens is 1. The largest absolute Gasteiger partial charge is 0.505 e. The minimum atomic E-state index is -0.667. The van der Waals surface area contributed by atoms with Crippen molar-refractivity contribution in [1.29, 1.82) is 0 Å². The third kappa shape index (κ3) is 2.80. The molecular formula is C17H13BrN2O2. The number of nitrogens with two attached hydrogens (primary N) is 1. The Morgan fingerprint density at radius 1 is 1.14 bits per heavy atom. The van der Waals surface area contributed by atoms with Gasteiger partial charge in [-0.1, -0.05) is 34.1 Å². The minimum Gasteiger partial charge on any atom is -0.505 e. The molecule has 2 aromatic carbocycles. The highest BCUT2D eigenvalue weighted by atomic mass is 79.9. The number of aromatic nitrogens is 1. The fraction of sp³-hybridized carbons (Fsp3) is 0.0588. The van der Waals surface area contributed by atoms with E-state index >= 15 is 0 Å². The fourth-order valence-electron chi connectivity index (χ4n) is 2.37. The Hall–Kier alpha value is -2.40. The van der Waals surface area contributed by atoms with Gasteiger partial charge in [-0.25, -0.2) is 0 Å². The number of aromatic hydroxyl groups is 1. The van der Waals surface area contributed by atoms with Crippen LogP contribution in [0.4, 0.5) is 0 Å². The quantitative estimate of drug-likeness (QED) is 0.754. The summed E-state index contributed by atoms with van der Waals surface area (Å²) in [4.78, 5) is 15.5. The Morgan fingerprint density at radius 2 is 1.86 bits per heavy atom. The molecule has 0 unspecified atom stereocenters. The zero-order valence-corrected chi connectivity index (χ0v) is 13.2. The Labute approximate surface area is 135 Å². The van der Waals surface area contributed by atoms with Crippen LogP contribution in [0.25, 0.3) is 10.9 Å². The average Bonchev–Trinajstić information content (AvgIpc) is 2.49. The molecule has 0 atom stereocenters. The highest BCUT2D eigenvalue weighted by molar-refractivity contribution is 9.10. The Morgan fingerprint density at radius 3 is 2.55 bits per heavy atom. The summed E-state index contributed by atoms with van der Waals surface area (Å²) in [5.41, 5.74) is 7.89. The number of carbonyl (C=O) groups excluding carboxylic acids is 1. The lowest BCUT2D eigenvalue weighted by atomic mass is 10.0. The predicted octanol–water partition coefficient (Wildman–Crippen LogP) is 3.39. The number of benzene rings is 2. The van der Waals surface area contributed by atoms with Gasteiger partial charge in [-0.3, -0.25) is 9.78 Å². The van der Waals surface area contributed by atoms with Crippen LogP contribution in [0.5, 0.6) is 5.75 Å². The summed E-state index contributed by atoms with van der Waals surface area (Å²) in [5.74, 6) is -0.833. The summed E-state index contributed by atoms with van der Waals surface area (Å²) in [6.45, 7) is 0. The Kier molecular flexibility index (Phi) is 3.81. The van der Waals surface area contributed by atoms with Crippen molar-refractivity contribution in [2.24, 2.45) is 5.73 Å². The molecule has 3 N–H and O–H groups in total. The van der Waals surface area contributed by atoms with Crippen LogP contribution in [0.15, 0.2) is 53.1 Å². The average molecular weight is 357 g/mol. The highest BCUT2D eigenvalue weighted by Crippen LogP contribution is 2.27. The maximum Gasteiger partial charge on any atom is 0.252 e. The van der Waals surface area contributed by atoms with Crippen LogP contribution in [0.2, 0.25) is 0 Å². The molecule has 3 rings (SSSR count). The molecule has 0 bridgehead atoms. The van der Waals surface area contributed by atoms with E-state index in [1.807, 2.05) is 30.3 Å². The maximum absolute atomic E-state index is 11.2. The van der Waals surface area contributed by atoms with E-state index in [1.54, 1.807) is 12.3 Å². The Bertz CT molecular complexity index is 860. The van der Waals surface area contributed by atoms with Crippen molar-refractivity contribution in [2.45, 2.75) is 6.42 Å². The van der Waals surface area contributed by atoms with Gasteiger partial charge in [0.1, 0.15) is 5.52 Å². The van der Waals surface area contributed by atoms with Gasteiger partial charge in [-0.2, -0.15) is 0 Å². The van der Waals surface area contributed by atoms with Crippen molar-refractivity contribution in [3.05, 3.63) is 69.8 Å². The number of hydrogen-bond acceptors (Lipinski definition) is 3. The molecule has 0 aliphatic carbocycles. The number of carbonyl (C=O) groups is 1. The molecule has 0 radical (unpaired) electrons. The second-order valence-electron chi connectivity index (χ2n) is 5.04. The van der Waals surface area contributed by atoms with E-state index in [1.165, 1.54) is 11.6 Å². The topological polar surface area (TPSA) is 76.2 Å². The lowest BCUT2D eigenvalue weighted by molar-refractivity contribution is 0.0998. The first kappa shape index (κ1) is 14.5. The van der Waals surface area contributed by atoms with Crippen molar-refractivity contribution < 1.29 is 9.90 Å². The fourth-order valence-corrected chi connectivity index (χ4v) is 2.63. The molecule has 0 spiro atoms. The monoisotopic (exact) mass is 356 g/mol. The summed E-state index contributed by atoms with van der Waals surface area (Å²) in [5, 5.41) is 10.8. The zero-order valence-electron chi connectivity index (χ0n) is 11.6. The lowest BCUT2D eigenvalue weighted by Crippen LogP contribution is -2.11. The van der Waals surface area contributed by atoms with Gasteiger partial charge in [-0.05, 0) is 41.8 Å². The molecule has 1 amide bonds. The van der Waals surface area contributed by atoms with Crippen molar-refractivity contribution >= 4 is 32.7 Å². The van der Waals surface area contributed by atoms with Crippen LogP contribution in [0, 0.1) is 0 Å². The zero-order chi connectivity index (χ0) is 15.7. The first-order chi connectivity index (χ1) is 10.5. The van der Waals surface area contributed by atoms with Gasteiger partial charge in [0, 0.05) is 16.1 Å². The number of primary amides is 1. The second-order valence-corrected chi connectivity index (χ2v) is 5.96. The molecule has 0 saturated carbocycles. The minimum absolute atomic E-state index is 0.0839. The number of pyridine rings is 1. The molecule has 4 nitrogen and oxygen atoms in total. The van der Waals surface area contributed by atoms with Gasteiger partial charge in [0.2, 0.25) is 0 Å². The van der Waals surface area contributed by atoms with Crippen LogP contribution in [-0.4, -0.2) is 16.0 Å². The van der Waals surface area contributed by atoms with E-state index in [-0.39, 0.29) is 11.3 Å². The lowest BCUT2D eigenvalue weighted by Gasteiger charge is -2.07. The van der Waals surface area contributed by atoms with Gasteiger partial charge < -0.3 is 10.8 Å². The summed E-state index contributed by atoms with van der Waals surface area (Å²) in [6.07, 6.45) is 2.45. The molecule has 3 aromatic rings. The number of rotatable bonds is 3. The highest BCUT2D eigenvalue weighted by Gasteiger charge is 2.12. The summed E-state index contributed by atoms with van der Waals surface area (Å²) < 4.78 is 1.04. The summed E-state index contributed by atoms with van der Waals surface area (Å²) in [7, 11) is 0. The Balaban J connectivity index is 1.98. The maximum atomic E-state index is 11.2. The number of nitrogens with zero attached hydrogens (tertiary/aromatic N) is 1. The number of amides is 1. The first-order valence-electron chi connectivity index (χ1n) is 6.69. The first-order valence-corrected chi connectivity index (χ1v) is 7.49. The molecule has 1 heterocycles. The number of fused-ring (bicyclic) bond motifs is 1. The molecular weight excluding hydrogens is 344 g/mol. The van der Waals surface area contributed by atoms with Gasteiger partial charge in [0.05, 0.1) is 5.56 Å². The van der Waals surface area contributed by atoms with Crippen LogP contribution in [-0.2, 0) is 6.42 Å². The van der Waals surface area contributed by atoms with Gasteiger partial charge in [0.25, 0.3) is 5.91 Å². The number of phenols is 1. The van der Waals surface area contributed by atoms with Gasteiger partial charge in [0.15, 0.2) is 5.75 Å². The SMILES string of the molecule is NC(=O)c1ccc2cc(Cc3ccc(Br)cc3)cnc2c1O. The molecule has 0 aliphatic heterocycles. The van der Waals surface area contributed by atoms with E-state index in [0.29, 0.717) is 5.52 Å². The molecule has 0 aliphatic rings. The van der Waals surface area contributed by atoms with E-state index in [4.69, 9.17) is 5.73 Å². The van der Waals surface area contributed by atoms with Crippen LogP contribution >= 0.6 is 15.9 Å². The van der Waals surface area contributed by atoms with Crippen molar-refractivity contribution in [1.82, 2.24) is 4.98 Å². The van der Waals surface area contributed by atoms with Crippen molar-refractivity contribution in [3.8, 4) is 5.75 Å². The summed E-state index contributed by atoms with van der Waals surface area (Å²) in [6, 6.07) is 13.3. The van der Waals surface area contributed by atoms with E-state index in [9.17, 15) is 9.90 Å². The van der Waals surface area contributed by atoms with Crippen molar-refractivity contribution in [2.75, 3.05) is 0 Å². The van der Waals surface area contributed by atoms with E-state index in [0.717, 1.165) is 21.8 Å². The van der Waals surface area contributed by atoms with E-state index in [2.05, 4.69) is 20.9 Å². The third-order valence-electron chi connectivity index (χ3n) is 3.47. The predicted molar refractivity (Wildman–Crippen MR) is 88.9 cm³/mol. The molecule has 0 saturated heterocycles. The van der Waals surface area contributed by atoms with Crippen LogP contribution in [0.1, 0.15) is 21.5 Å². The summed E-state index contributed by atoms with van der Waals surface area (Å²) >= 11 is 3.41. The van der Waals surface area contributed by atoms with E-state index < -0.39 is 5.91 Å². The molecule has 22 heavy (non-hydrogen) atoms. The molecule has 0 fully saturated rings. The normalized spacial score (nSPS) is 10.8. The molecule has 1 aromatic heterocycles. The van der Waals surface area contributed by atoms with Crippen LogP contribution in [0.3, 0.4) is 0 Å². The third-order valence-corrected chi connectivity index (χ3v) is 4.00. The van der Waals surface area contributed by atoms with Gasteiger partial charge >= 0.3 is 0 Å². The number of hydrogen-bond donors (Lipinski definition) is 2. The van der Waals surface area contributed by atoms with Crippen molar-refractivity contribution in [3.63, 3.8) is 0 Å². The molecule has 5 heteroatoms. The second kappa shape index (κ2) is 5.77. The molecule has 110 valence electrons. The standard InChI is InChI=1S/C17H13BrN2O2/c18-13-4-1-10(2-5-13)7-11-8-12-3-6-14(17(19)22)16(21)15(12)20-9-11/h1-6,8-9,21H,7H2,(H2,19,22). The van der Waals surface area contributed by atoms with Gasteiger partial charge in [-0.15, -0.1) is 0 Å².